The summed E-state index contributed by atoms with van der Waals surface area (Å²) < 4.78 is 5.14. The van der Waals surface area contributed by atoms with Crippen LogP contribution >= 0.6 is 0 Å². The second-order valence-electron chi connectivity index (χ2n) is 7.02. The molecule has 0 saturated carbocycles. The molecule has 1 fully saturated rings. The van der Waals surface area contributed by atoms with Gasteiger partial charge in [-0.1, -0.05) is 60.2 Å². The smallest absolute Gasteiger partial charge is 0.325 e. The van der Waals surface area contributed by atoms with Crippen molar-refractivity contribution in [2.75, 3.05) is 13.1 Å². The lowest BCUT2D eigenvalue weighted by Gasteiger charge is -2.16. The summed E-state index contributed by atoms with van der Waals surface area (Å²) in [5.74, 6) is -1.29. The molecule has 0 aromatic heterocycles. The van der Waals surface area contributed by atoms with Crippen LogP contribution in [-0.2, 0) is 32.3 Å². The van der Waals surface area contributed by atoms with Crippen molar-refractivity contribution in [1.29, 1.82) is 0 Å². The number of carbonyl (C=O) groups is 3. The number of carbonyl (C=O) groups excluding carboxylic acids is 3. The Morgan fingerprint density at radius 1 is 1.07 bits per heavy atom. The van der Waals surface area contributed by atoms with E-state index in [4.69, 9.17) is 4.74 Å². The maximum Gasteiger partial charge on any atom is 0.325 e. The lowest BCUT2D eigenvalue weighted by molar-refractivity contribution is -0.145. The van der Waals surface area contributed by atoms with E-state index in [1.807, 2.05) is 61.5 Å². The molecule has 1 heterocycles. The SMILES string of the molecule is Cc1ccc(CN2CC(C(=O)NCC(=O)OCc3ccccc3)CC2=O)cc1. The van der Waals surface area contributed by atoms with Gasteiger partial charge in [-0.15, -0.1) is 0 Å². The van der Waals surface area contributed by atoms with Crippen LogP contribution in [0.2, 0.25) is 0 Å². The van der Waals surface area contributed by atoms with Crippen LogP contribution in [0, 0.1) is 12.8 Å². The van der Waals surface area contributed by atoms with Crippen LogP contribution in [0.3, 0.4) is 0 Å². The fourth-order valence-corrected chi connectivity index (χ4v) is 3.11. The first-order valence-electron chi connectivity index (χ1n) is 9.32. The van der Waals surface area contributed by atoms with E-state index in [1.165, 1.54) is 0 Å². The van der Waals surface area contributed by atoms with Crippen LogP contribution in [0.15, 0.2) is 54.6 Å². The van der Waals surface area contributed by atoms with E-state index in [1.54, 1.807) is 4.90 Å². The van der Waals surface area contributed by atoms with E-state index in [0.717, 1.165) is 16.7 Å². The van der Waals surface area contributed by atoms with Crippen LogP contribution in [-0.4, -0.2) is 35.8 Å². The highest BCUT2D eigenvalue weighted by atomic mass is 16.5. The molecule has 3 rings (SSSR count). The Morgan fingerprint density at radius 3 is 2.50 bits per heavy atom. The van der Waals surface area contributed by atoms with Gasteiger partial charge < -0.3 is 15.0 Å². The van der Waals surface area contributed by atoms with Crippen molar-refractivity contribution in [1.82, 2.24) is 10.2 Å². The number of aryl methyl sites for hydroxylation is 1. The van der Waals surface area contributed by atoms with Crippen molar-refractivity contribution in [2.24, 2.45) is 5.92 Å². The molecule has 2 aromatic carbocycles. The van der Waals surface area contributed by atoms with Crippen LogP contribution in [0.5, 0.6) is 0 Å². The Balaban J connectivity index is 1.42. The van der Waals surface area contributed by atoms with Gasteiger partial charge in [0.2, 0.25) is 11.8 Å². The Hall–Kier alpha value is -3.15. The molecule has 146 valence electrons. The molecule has 1 aliphatic heterocycles. The molecule has 0 spiro atoms. The minimum Gasteiger partial charge on any atom is -0.460 e. The van der Waals surface area contributed by atoms with E-state index < -0.39 is 11.9 Å². The Labute approximate surface area is 164 Å². The van der Waals surface area contributed by atoms with Gasteiger partial charge in [0, 0.05) is 19.5 Å². The van der Waals surface area contributed by atoms with Crippen LogP contribution < -0.4 is 5.32 Å². The standard InChI is InChI=1S/C22H24N2O4/c1-16-7-9-17(10-8-16)13-24-14-19(11-20(24)25)22(27)23-12-21(26)28-15-18-5-3-2-4-6-18/h2-10,19H,11-15H2,1H3,(H,23,27). The minimum atomic E-state index is -0.502. The number of hydrogen-bond acceptors (Lipinski definition) is 4. The Morgan fingerprint density at radius 2 is 1.79 bits per heavy atom. The molecule has 1 atom stereocenters. The predicted molar refractivity (Wildman–Crippen MR) is 104 cm³/mol. The minimum absolute atomic E-state index is 0.0487. The molecule has 2 aromatic rings. The number of nitrogens with zero attached hydrogens (tertiary/aromatic N) is 1. The van der Waals surface area contributed by atoms with Crippen molar-refractivity contribution in [3.8, 4) is 0 Å². The number of rotatable bonds is 7. The predicted octanol–water partition coefficient (Wildman–Crippen LogP) is 2.20. The first kappa shape index (κ1) is 19.6. The number of esters is 1. The molecule has 1 unspecified atom stereocenters. The number of ether oxygens (including phenoxy) is 1. The first-order valence-corrected chi connectivity index (χ1v) is 9.32. The van der Waals surface area contributed by atoms with Gasteiger partial charge in [-0.3, -0.25) is 14.4 Å². The fraction of sp³-hybridized carbons (Fsp3) is 0.318. The van der Waals surface area contributed by atoms with Crippen molar-refractivity contribution >= 4 is 17.8 Å². The van der Waals surface area contributed by atoms with Crippen LogP contribution in [0.4, 0.5) is 0 Å². The lowest BCUT2D eigenvalue weighted by Crippen LogP contribution is -2.36. The molecule has 1 aliphatic rings. The summed E-state index contributed by atoms with van der Waals surface area (Å²) in [6, 6.07) is 17.3. The lowest BCUT2D eigenvalue weighted by atomic mass is 10.1. The van der Waals surface area contributed by atoms with E-state index in [0.29, 0.717) is 13.1 Å². The molecule has 1 saturated heterocycles. The summed E-state index contributed by atoms with van der Waals surface area (Å²) in [4.78, 5) is 38.0. The average molecular weight is 380 g/mol. The van der Waals surface area contributed by atoms with Crippen molar-refractivity contribution in [3.63, 3.8) is 0 Å². The van der Waals surface area contributed by atoms with Gasteiger partial charge in [0.15, 0.2) is 0 Å². The number of likely N-dealkylation sites (tertiary alicyclic amines) is 1. The second-order valence-corrected chi connectivity index (χ2v) is 7.02. The van der Waals surface area contributed by atoms with Gasteiger partial charge >= 0.3 is 5.97 Å². The topological polar surface area (TPSA) is 75.7 Å². The third-order valence-corrected chi connectivity index (χ3v) is 4.73. The van der Waals surface area contributed by atoms with Crippen molar-refractivity contribution in [3.05, 3.63) is 71.3 Å². The van der Waals surface area contributed by atoms with E-state index in [2.05, 4.69) is 5.32 Å². The quantitative estimate of drug-likeness (QED) is 0.748. The molecule has 2 amide bonds. The van der Waals surface area contributed by atoms with Crippen LogP contribution in [0.1, 0.15) is 23.1 Å². The zero-order valence-corrected chi connectivity index (χ0v) is 15.9. The highest BCUT2D eigenvalue weighted by Crippen LogP contribution is 2.20. The molecule has 28 heavy (non-hydrogen) atoms. The highest BCUT2D eigenvalue weighted by Gasteiger charge is 2.34. The van der Waals surface area contributed by atoms with Gasteiger partial charge in [0.1, 0.15) is 13.2 Å². The molecular weight excluding hydrogens is 356 g/mol. The van der Waals surface area contributed by atoms with E-state index in [-0.39, 0.29) is 31.4 Å². The summed E-state index contributed by atoms with van der Waals surface area (Å²) in [6.45, 7) is 2.83. The summed E-state index contributed by atoms with van der Waals surface area (Å²) in [5, 5.41) is 2.58. The number of amides is 2. The van der Waals surface area contributed by atoms with Crippen molar-refractivity contribution in [2.45, 2.75) is 26.5 Å². The maximum absolute atomic E-state index is 12.3. The van der Waals surface area contributed by atoms with Gasteiger partial charge in [-0.25, -0.2) is 0 Å². The number of hydrogen-bond donors (Lipinski definition) is 1. The van der Waals surface area contributed by atoms with E-state index in [9.17, 15) is 14.4 Å². The Bertz CT molecular complexity index is 833. The molecule has 6 heteroatoms. The second kappa shape index (κ2) is 9.17. The summed E-state index contributed by atoms with van der Waals surface area (Å²) in [6.07, 6.45) is 0.163. The third-order valence-electron chi connectivity index (χ3n) is 4.73. The van der Waals surface area contributed by atoms with Gasteiger partial charge in [0.05, 0.1) is 5.92 Å². The van der Waals surface area contributed by atoms with Gasteiger partial charge in [0.25, 0.3) is 0 Å². The molecule has 0 bridgehead atoms. The first-order chi connectivity index (χ1) is 13.5. The Kier molecular flexibility index (Phi) is 6.42. The third kappa shape index (κ3) is 5.42. The fourth-order valence-electron chi connectivity index (χ4n) is 3.11. The normalized spacial score (nSPS) is 16.1. The van der Waals surface area contributed by atoms with Gasteiger partial charge in [-0.2, -0.15) is 0 Å². The zero-order chi connectivity index (χ0) is 19.9. The molecular formula is C22H24N2O4. The van der Waals surface area contributed by atoms with Gasteiger partial charge in [-0.05, 0) is 18.1 Å². The zero-order valence-electron chi connectivity index (χ0n) is 15.9. The summed E-state index contributed by atoms with van der Waals surface area (Å²) in [7, 11) is 0. The monoisotopic (exact) mass is 380 g/mol. The summed E-state index contributed by atoms with van der Waals surface area (Å²) >= 11 is 0. The largest absolute Gasteiger partial charge is 0.460 e. The average Bonchev–Trinajstić information content (AvgIpc) is 3.07. The van der Waals surface area contributed by atoms with Crippen LogP contribution in [0.25, 0.3) is 0 Å². The van der Waals surface area contributed by atoms with E-state index >= 15 is 0 Å². The molecule has 6 nitrogen and oxygen atoms in total. The maximum atomic E-state index is 12.3. The molecule has 0 radical (unpaired) electrons. The number of nitrogens with one attached hydrogen (secondary N) is 1. The van der Waals surface area contributed by atoms with Crippen molar-refractivity contribution < 1.29 is 19.1 Å². The highest BCUT2D eigenvalue weighted by molar-refractivity contribution is 5.90. The summed E-state index contributed by atoms with van der Waals surface area (Å²) in [5.41, 5.74) is 3.08. The molecule has 0 aliphatic carbocycles. The number of benzene rings is 2. The molecule has 1 N–H and O–H groups in total.